The Morgan fingerprint density at radius 3 is 2.90 bits per heavy atom. The van der Waals surface area contributed by atoms with E-state index in [9.17, 15) is 0 Å². The maximum Gasteiger partial charge on any atom is 0.137 e. The van der Waals surface area contributed by atoms with E-state index in [4.69, 9.17) is 10.00 Å². The van der Waals surface area contributed by atoms with E-state index in [1.807, 2.05) is 36.9 Å². The van der Waals surface area contributed by atoms with Crippen LogP contribution >= 0.6 is 11.8 Å². The van der Waals surface area contributed by atoms with Crippen molar-refractivity contribution in [2.45, 2.75) is 18.4 Å². The normalized spacial score (nSPS) is 10.2. The molecular weight excluding hydrogens is 270 g/mol. The first kappa shape index (κ1) is 14.5. The van der Waals surface area contributed by atoms with E-state index in [1.54, 1.807) is 17.8 Å². The lowest BCUT2D eigenvalue weighted by molar-refractivity contribution is 0.318. The summed E-state index contributed by atoms with van der Waals surface area (Å²) < 4.78 is 7.54. The maximum atomic E-state index is 8.96. The van der Waals surface area contributed by atoms with E-state index in [2.05, 4.69) is 17.2 Å². The molecule has 0 unspecified atom stereocenters. The van der Waals surface area contributed by atoms with Crippen LogP contribution in [0.15, 0.2) is 35.4 Å². The summed E-state index contributed by atoms with van der Waals surface area (Å²) in [6.07, 6.45) is 0.925. The Morgan fingerprint density at radius 2 is 2.20 bits per heavy atom. The van der Waals surface area contributed by atoms with Gasteiger partial charge in [-0.3, -0.25) is 4.68 Å². The first-order chi connectivity index (χ1) is 9.70. The lowest BCUT2D eigenvalue weighted by Crippen LogP contribution is -2.01. The minimum Gasteiger partial charge on any atom is -0.492 e. The number of aryl methyl sites for hydroxylation is 2. The summed E-state index contributed by atoms with van der Waals surface area (Å²) in [6, 6.07) is 11.5. The second-order valence-corrected chi connectivity index (χ2v) is 5.52. The average Bonchev–Trinajstić information content (AvgIpc) is 2.77. The number of aromatic nitrogens is 2. The van der Waals surface area contributed by atoms with Gasteiger partial charge in [-0.05, 0) is 31.5 Å². The number of para-hydroxylation sites is 1. The molecule has 104 valence electrons. The number of rotatable bonds is 6. The number of ether oxygens (including phenoxy) is 1. The molecule has 2 rings (SSSR count). The van der Waals surface area contributed by atoms with Crippen LogP contribution in [0.5, 0.6) is 5.75 Å². The highest BCUT2D eigenvalue weighted by atomic mass is 32.2. The SMILES string of the molecule is Cc1cc(SCCCOc2ccccc2C#N)n(C)n1. The monoisotopic (exact) mass is 287 g/mol. The summed E-state index contributed by atoms with van der Waals surface area (Å²) in [4.78, 5) is 0. The van der Waals surface area contributed by atoms with Gasteiger partial charge in [0.1, 0.15) is 11.8 Å². The van der Waals surface area contributed by atoms with Crippen LogP contribution in [0.1, 0.15) is 17.7 Å². The number of thioether (sulfide) groups is 1. The molecule has 0 aliphatic carbocycles. The summed E-state index contributed by atoms with van der Waals surface area (Å²) in [5.41, 5.74) is 1.62. The van der Waals surface area contributed by atoms with Crippen molar-refractivity contribution in [3.63, 3.8) is 0 Å². The third-order valence-corrected chi connectivity index (χ3v) is 3.93. The highest BCUT2D eigenvalue weighted by Gasteiger charge is 2.03. The molecule has 0 atom stereocenters. The van der Waals surface area contributed by atoms with Gasteiger partial charge in [0.25, 0.3) is 0 Å². The highest BCUT2D eigenvalue weighted by molar-refractivity contribution is 7.99. The van der Waals surface area contributed by atoms with Gasteiger partial charge in [-0.15, -0.1) is 11.8 Å². The molecule has 0 N–H and O–H groups in total. The van der Waals surface area contributed by atoms with E-state index in [0.29, 0.717) is 17.9 Å². The Labute approximate surface area is 123 Å². The van der Waals surface area contributed by atoms with E-state index in [1.165, 1.54) is 5.03 Å². The standard InChI is InChI=1S/C15H17N3OS/c1-12-10-15(18(2)17-12)20-9-5-8-19-14-7-4-3-6-13(14)11-16/h3-4,6-7,10H,5,8-9H2,1-2H3. The molecule has 1 aromatic carbocycles. The van der Waals surface area contributed by atoms with Gasteiger partial charge in [0.05, 0.1) is 22.9 Å². The molecule has 5 heteroatoms. The Balaban J connectivity index is 1.74. The van der Waals surface area contributed by atoms with Gasteiger partial charge < -0.3 is 4.74 Å². The van der Waals surface area contributed by atoms with Crippen molar-refractivity contribution in [3.8, 4) is 11.8 Å². The van der Waals surface area contributed by atoms with Gasteiger partial charge in [0, 0.05) is 12.8 Å². The maximum absolute atomic E-state index is 8.96. The van der Waals surface area contributed by atoms with Crippen LogP contribution in [-0.4, -0.2) is 22.1 Å². The van der Waals surface area contributed by atoms with Crippen LogP contribution < -0.4 is 4.74 Å². The van der Waals surface area contributed by atoms with Crippen LogP contribution in [0.4, 0.5) is 0 Å². The van der Waals surface area contributed by atoms with Crippen molar-refractivity contribution in [1.29, 1.82) is 5.26 Å². The first-order valence-corrected chi connectivity index (χ1v) is 7.44. The topological polar surface area (TPSA) is 50.8 Å². The molecule has 0 fully saturated rings. The van der Waals surface area contributed by atoms with Gasteiger partial charge >= 0.3 is 0 Å². The quantitative estimate of drug-likeness (QED) is 0.605. The van der Waals surface area contributed by atoms with Crippen LogP contribution in [0.3, 0.4) is 0 Å². The van der Waals surface area contributed by atoms with Gasteiger partial charge in [0.2, 0.25) is 0 Å². The van der Waals surface area contributed by atoms with Crippen molar-refractivity contribution in [3.05, 3.63) is 41.6 Å². The smallest absolute Gasteiger partial charge is 0.137 e. The lowest BCUT2D eigenvalue weighted by atomic mass is 10.2. The van der Waals surface area contributed by atoms with Crippen molar-refractivity contribution in [1.82, 2.24) is 9.78 Å². The van der Waals surface area contributed by atoms with Crippen molar-refractivity contribution in [2.24, 2.45) is 7.05 Å². The third kappa shape index (κ3) is 3.78. The molecule has 0 aliphatic heterocycles. The first-order valence-electron chi connectivity index (χ1n) is 6.46. The van der Waals surface area contributed by atoms with Crippen LogP contribution in [0, 0.1) is 18.3 Å². The molecule has 2 aromatic rings. The molecule has 0 aliphatic rings. The Kier molecular flexibility index (Phi) is 5.08. The Morgan fingerprint density at radius 1 is 1.40 bits per heavy atom. The zero-order valence-corrected chi connectivity index (χ0v) is 12.5. The molecule has 20 heavy (non-hydrogen) atoms. The second kappa shape index (κ2) is 7.01. The fraction of sp³-hybridized carbons (Fsp3) is 0.333. The Bertz CT molecular complexity index is 616. The number of hydrogen-bond donors (Lipinski definition) is 0. The predicted octanol–water partition coefficient (Wildman–Crippen LogP) is 3.16. The van der Waals surface area contributed by atoms with Crippen LogP contribution in [0.2, 0.25) is 0 Å². The number of nitrogens with zero attached hydrogens (tertiary/aromatic N) is 3. The highest BCUT2D eigenvalue weighted by Crippen LogP contribution is 2.20. The summed E-state index contributed by atoms with van der Waals surface area (Å²) in [6.45, 7) is 2.61. The molecular formula is C15H17N3OS. The predicted molar refractivity (Wildman–Crippen MR) is 79.9 cm³/mol. The lowest BCUT2D eigenvalue weighted by Gasteiger charge is -2.07. The molecule has 0 saturated carbocycles. The molecule has 1 heterocycles. The van der Waals surface area contributed by atoms with E-state index >= 15 is 0 Å². The summed E-state index contributed by atoms with van der Waals surface area (Å²) >= 11 is 1.77. The molecule has 0 saturated heterocycles. The molecule has 0 bridgehead atoms. The minimum atomic E-state index is 0.586. The summed E-state index contributed by atoms with van der Waals surface area (Å²) in [7, 11) is 1.95. The Hall–Kier alpha value is -1.93. The van der Waals surface area contributed by atoms with Gasteiger partial charge in [-0.1, -0.05) is 12.1 Å². The van der Waals surface area contributed by atoms with Gasteiger partial charge in [-0.25, -0.2) is 0 Å². The fourth-order valence-corrected chi connectivity index (χ4v) is 2.78. The van der Waals surface area contributed by atoms with Crippen molar-refractivity contribution >= 4 is 11.8 Å². The average molecular weight is 287 g/mol. The summed E-state index contributed by atoms with van der Waals surface area (Å²) in [5, 5.41) is 14.4. The number of nitriles is 1. The van der Waals surface area contributed by atoms with Crippen molar-refractivity contribution in [2.75, 3.05) is 12.4 Å². The zero-order valence-electron chi connectivity index (χ0n) is 11.7. The molecule has 4 nitrogen and oxygen atoms in total. The van der Waals surface area contributed by atoms with Gasteiger partial charge in [-0.2, -0.15) is 10.4 Å². The van der Waals surface area contributed by atoms with E-state index in [-0.39, 0.29) is 0 Å². The third-order valence-electron chi connectivity index (χ3n) is 2.76. The number of benzene rings is 1. The van der Waals surface area contributed by atoms with E-state index < -0.39 is 0 Å². The molecule has 0 amide bonds. The van der Waals surface area contributed by atoms with E-state index in [0.717, 1.165) is 17.9 Å². The minimum absolute atomic E-state index is 0.586. The van der Waals surface area contributed by atoms with Crippen LogP contribution in [0.25, 0.3) is 0 Å². The zero-order chi connectivity index (χ0) is 14.4. The van der Waals surface area contributed by atoms with Crippen molar-refractivity contribution < 1.29 is 4.74 Å². The summed E-state index contributed by atoms with van der Waals surface area (Å²) in [5.74, 6) is 1.63. The number of hydrogen-bond acceptors (Lipinski definition) is 4. The molecule has 0 radical (unpaired) electrons. The fourth-order valence-electron chi connectivity index (χ4n) is 1.82. The largest absolute Gasteiger partial charge is 0.492 e. The molecule has 0 spiro atoms. The molecule has 1 aromatic heterocycles. The second-order valence-electron chi connectivity index (χ2n) is 4.41. The van der Waals surface area contributed by atoms with Gasteiger partial charge in [0.15, 0.2) is 0 Å². The van der Waals surface area contributed by atoms with Crippen LogP contribution in [-0.2, 0) is 7.05 Å².